The van der Waals surface area contributed by atoms with Gasteiger partial charge in [0.2, 0.25) is 0 Å². The Morgan fingerprint density at radius 2 is 2.19 bits per heavy atom. The molecule has 0 unspecified atom stereocenters. The highest BCUT2D eigenvalue weighted by molar-refractivity contribution is 6.34. The lowest BCUT2D eigenvalue weighted by Crippen LogP contribution is -2.15. The smallest absolute Gasteiger partial charge is 0.271 e. The Bertz CT molecular complexity index is 738. The van der Waals surface area contributed by atoms with Crippen molar-refractivity contribution < 1.29 is 14.1 Å². The maximum Gasteiger partial charge on any atom is 0.271 e. The lowest BCUT2D eigenvalue weighted by Gasteiger charge is -2.09. The van der Waals surface area contributed by atoms with Gasteiger partial charge < -0.3 is 11.1 Å². The van der Waals surface area contributed by atoms with Gasteiger partial charge >= 0.3 is 0 Å². The molecule has 108 valence electrons. The van der Waals surface area contributed by atoms with Crippen molar-refractivity contribution in [2.75, 3.05) is 11.1 Å². The number of benzene rings is 1. The van der Waals surface area contributed by atoms with Gasteiger partial charge in [0.05, 0.1) is 33.1 Å². The van der Waals surface area contributed by atoms with E-state index in [0.717, 1.165) is 18.3 Å². The summed E-state index contributed by atoms with van der Waals surface area (Å²) in [7, 11) is 0. The van der Waals surface area contributed by atoms with Gasteiger partial charge in [0, 0.05) is 18.3 Å². The number of amides is 1. The zero-order valence-electron chi connectivity index (χ0n) is 10.3. The molecule has 1 aromatic heterocycles. The predicted molar refractivity (Wildman–Crippen MR) is 74.7 cm³/mol. The number of rotatable bonds is 3. The Labute approximate surface area is 122 Å². The van der Waals surface area contributed by atoms with Gasteiger partial charge in [0.25, 0.3) is 11.6 Å². The first-order valence-electron chi connectivity index (χ1n) is 5.54. The zero-order chi connectivity index (χ0) is 15.6. The zero-order valence-corrected chi connectivity index (χ0v) is 11.1. The number of hydrogen-bond acceptors (Lipinski definition) is 5. The van der Waals surface area contributed by atoms with Crippen LogP contribution in [0, 0.1) is 15.9 Å². The molecule has 21 heavy (non-hydrogen) atoms. The molecule has 0 radical (unpaired) electrons. The lowest BCUT2D eigenvalue weighted by atomic mass is 10.1. The fourth-order valence-corrected chi connectivity index (χ4v) is 1.78. The number of nitrogens with zero attached hydrogens (tertiary/aromatic N) is 2. The molecule has 2 aromatic rings. The lowest BCUT2D eigenvalue weighted by molar-refractivity contribution is -0.384. The normalized spacial score (nSPS) is 10.2. The van der Waals surface area contributed by atoms with E-state index in [1.165, 1.54) is 12.3 Å². The maximum absolute atomic E-state index is 13.4. The Hall–Kier alpha value is -2.74. The maximum atomic E-state index is 13.4. The van der Waals surface area contributed by atoms with Gasteiger partial charge in [-0.2, -0.15) is 0 Å². The fraction of sp³-hybridized carbons (Fsp3) is 0. The van der Waals surface area contributed by atoms with Gasteiger partial charge in [-0.25, -0.2) is 4.39 Å². The average molecular weight is 311 g/mol. The Morgan fingerprint density at radius 3 is 2.81 bits per heavy atom. The van der Waals surface area contributed by atoms with Crippen LogP contribution in [-0.4, -0.2) is 15.8 Å². The van der Waals surface area contributed by atoms with Crippen LogP contribution in [0.5, 0.6) is 0 Å². The van der Waals surface area contributed by atoms with Crippen LogP contribution in [0.15, 0.2) is 30.6 Å². The first kappa shape index (κ1) is 14.7. The van der Waals surface area contributed by atoms with Crippen LogP contribution >= 0.6 is 11.6 Å². The Kier molecular flexibility index (Phi) is 3.99. The molecule has 0 spiro atoms. The number of pyridine rings is 1. The number of nitro benzene ring substituents is 1. The number of hydrogen-bond donors (Lipinski definition) is 2. The van der Waals surface area contributed by atoms with Crippen molar-refractivity contribution in [3.05, 3.63) is 57.1 Å². The highest BCUT2D eigenvalue weighted by atomic mass is 35.5. The van der Waals surface area contributed by atoms with Crippen LogP contribution in [0.1, 0.15) is 10.4 Å². The second kappa shape index (κ2) is 5.71. The summed E-state index contributed by atoms with van der Waals surface area (Å²) in [5.41, 5.74) is 4.75. The molecule has 1 heterocycles. The summed E-state index contributed by atoms with van der Waals surface area (Å²) in [6, 6.07) is 3.23. The van der Waals surface area contributed by atoms with Gasteiger partial charge in [0.15, 0.2) is 5.82 Å². The van der Waals surface area contributed by atoms with Crippen molar-refractivity contribution in [3.8, 4) is 0 Å². The van der Waals surface area contributed by atoms with Crippen LogP contribution in [0.3, 0.4) is 0 Å². The van der Waals surface area contributed by atoms with Crippen molar-refractivity contribution in [2.24, 2.45) is 0 Å². The Morgan fingerprint density at radius 1 is 1.48 bits per heavy atom. The van der Waals surface area contributed by atoms with E-state index in [1.807, 2.05) is 0 Å². The molecular weight excluding hydrogens is 303 g/mol. The first-order chi connectivity index (χ1) is 9.90. The minimum absolute atomic E-state index is 0.128. The summed E-state index contributed by atoms with van der Waals surface area (Å²) in [6.45, 7) is 0. The molecule has 0 aliphatic carbocycles. The average Bonchev–Trinajstić information content (AvgIpc) is 2.43. The van der Waals surface area contributed by atoms with E-state index in [1.54, 1.807) is 0 Å². The molecule has 9 heteroatoms. The molecule has 3 N–H and O–H groups in total. The number of anilines is 2. The number of nitrogens with two attached hydrogens (primary N) is 1. The molecule has 2 rings (SSSR count). The van der Waals surface area contributed by atoms with Crippen LogP contribution in [0.2, 0.25) is 5.02 Å². The minimum Gasteiger partial charge on any atom is -0.397 e. The molecule has 0 aliphatic rings. The number of halogens is 2. The van der Waals surface area contributed by atoms with Crippen LogP contribution in [-0.2, 0) is 0 Å². The van der Waals surface area contributed by atoms with E-state index in [-0.39, 0.29) is 22.0 Å². The number of nitrogen functional groups attached to an aromatic ring is 1. The van der Waals surface area contributed by atoms with E-state index in [4.69, 9.17) is 17.3 Å². The molecule has 0 fully saturated rings. The summed E-state index contributed by atoms with van der Waals surface area (Å²) < 4.78 is 13.4. The van der Waals surface area contributed by atoms with Crippen molar-refractivity contribution in [1.29, 1.82) is 0 Å². The summed E-state index contributed by atoms with van der Waals surface area (Å²) in [6.07, 6.45) is 2.20. The van der Waals surface area contributed by atoms with Gasteiger partial charge in [-0.3, -0.25) is 19.9 Å². The highest BCUT2D eigenvalue weighted by Gasteiger charge is 2.19. The number of carbonyl (C=O) groups excluding carboxylic acids is 1. The van der Waals surface area contributed by atoms with Crippen molar-refractivity contribution in [1.82, 2.24) is 4.98 Å². The third kappa shape index (κ3) is 3.06. The second-order valence-electron chi connectivity index (χ2n) is 3.96. The van der Waals surface area contributed by atoms with Crippen LogP contribution in [0.4, 0.5) is 21.5 Å². The van der Waals surface area contributed by atoms with E-state index in [9.17, 15) is 19.3 Å². The molecule has 0 saturated heterocycles. The van der Waals surface area contributed by atoms with Crippen molar-refractivity contribution in [3.63, 3.8) is 0 Å². The number of carbonyl (C=O) groups is 1. The molecule has 0 bridgehead atoms. The number of nitrogens with one attached hydrogen (secondary N) is 1. The minimum atomic E-state index is -0.816. The first-order valence-corrected chi connectivity index (χ1v) is 5.92. The highest BCUT2D eigenvalue weighted by Crippen LogP contribution is 2.29. The van der Waals surface area contributed by atoms with Gasteiger partial charge in [-0.1, -0.05) is 11.6 Å². The van der Waals surface area contributed by atoms with E-state index in [0.29, 0.717) is 0 Å². The summed E-state index contributed by atoms with van der Waals surface area (Å²) >= 11 is 5.75. The van der Waals surface area contributed by atoms with E-state index in [2.05, 4.69) is 10.3 Å². The van der Waals surface area contributed by atoms with Crippen molar-refractivity contribution in [2.45, 2.75) is 0 Å². The largest absolute Gasteiger partial charge is 0.397 e. The molecule has 0 saturated carbocycles. The molecule has 1 aromatic carbocycles. The van der Waals surface area contributed by atoms with Crippen LogP contribution in [0.25, 0.3) is 0 Å². The molecule has 0 aliphatic heterocycles. The quantitative estimate of drug-likeness (QED) is 0.514. The molecular formula is C12H8ClFN4O3. The second-order valence-corrected chi connectivity index (χ2v) is 4.36. The molecule has 7 nitrogen and oxygen atoms in total. The van der Waals surface area contributed by atoms with Gasteiger partial charge in [0.1, 0.15) is 0 Å². The predicted octanol–water partition coefficient (Wildman–Crippen LogP) is 2.62. The van der Waals surface area contributed by atoms with E-state index < -0.39 is 22.3 Å². The summed E-state index contributed by atoms with van der Waals surface area (Å²) in [4.78, 5) is 25.6. The number of aromatic nitrogens is 1. The molecule has 0 atom stereocenters. The summed E-state index contributed by atoms with van der Waals surface area (Å²) in [5.74, 6) is -1.57. The number of non-ortho nitro benzene ring substituents is 1. The Balaban J connectivity index is 2.39. The summed E-state index contributed by atoms with van der Waals surface area (Å²) in [5, 5.41) is 12.9. The van der Waals surface area contributed by atoms with Gasteiger partial charge in [-0.15, -0.1) is 0 Å². The third-order valence-electron chi connectivity index (χ3n) is 2.59. The van der Waals surface area contributed by atoms with E-state index >= 15 is 0 Å². The van der Waals surface area contributed by atoms with Gasteiger partial charge in [-0.05, 0) is 6.07 Å². The topological polar surface area (TPSA) is 111 Å². The fourth-order valence-electron chi connectivity index (χ4n) is 1.56. The monoisotopic (exact) mass is 310 g/mol. The van der Waals surface area contributed by atoms with Crippen LogP contribution < -0.4 is 11.1 Å². The van der Waals surface area contributed by atoms with Crippen molar-refractivity contribution >= 4 is 34.6 Å². The SMILES string of the molecule is Nc1c(Cl)cc([N+](=O)[O-])cc1C(=O)Nc1ccncc1F. The standard InChI is InChI=1S/C12H8ClFN4O3/c13-8-4-6(18(20)21)3-7(11(8)15)12(19)17-10-1-2-16-5-9(10)14/h1-5H,15H2,(H,16,17,19). The number of nitro groups is 1. The third-order valence-corrected chi connectivity index (χ3v) is 2.90. The molecule has 1 amide bonds.